The standard InChI is InChI=1S/C20H18ClN3O4/c1-27-17-11-18(28-2)16(10-14(17)21)22-19(25)12-24-20(26)9-8-15(23-24)13-6-4-3-5-7-13/h3-11H,12H2,1-2H3,(H,22,25). The zero-order valence-electron chi connectivity index (χ0n) is 15.3. The van der Waals surface area contributed by atoms with Crippen LogP contribution in [0.4, 0.5) is 5.69 Å². The quantitative estimate of drug-likeness (QED) is 0.688. The van der Waals surface area contributed by atoms with Crippen molar-refractivity contribution < 1.29 is 14.3 Å². The summed E-state index contributed by atoms with van der Waals surface area (Å²) in [4.78, 5) is 24.6. The molecule has 3 aromatic rings. The predicted octanol–water partition coefficient (Wildman–Crippen LogP) is 3.22. The number of carbonyl (C=O) groups excluding carboxylic acids is 1. The summed E-state index contributed by atoms with van der Waals surface area (Å²) < 4.78 is 11.5. The molecule has 0 spiro atoms. The second-order valence-electron chi connectivity index (χ2n) is 5.82. The SMILES string of the molecule is COc1cc(OC)c(NC(=O)Cn2nc(-c3ccccc3)ccc2=O)cc1Cl. The van der Waals surface area contributed by atoms with Crippen molar-refractivity contribution in [2.45, 2.75) is 6.54 Å². The Hall–Kier alpha value is -3.32. The number of carbonyl (C=O) groups is 1. The zero-order valence-corrected chi connectivity index (χ0v) is 16.1. The third-order valence-electron chi connectivity index (χ3n) is 3.98. The van der Waals surface area contributed by atoms with Gasteiger partial charge in [0.25, 0.3) is 5.56 Å². The summed E-state index contributed by atoms with van der Waals surface area (Å²) in [6.45, 7) is -0.258. The normalized spacial score (nSPS) is 10.4. The molecule has 0 saturated carbocycles. The number of benzene rings is 2. The number of nitrogens with one attached hydrogen (secondary N) is 1. The molecule has 8 heteroatoms. The van der Waals surface area contributed by atoms with Crippen LogP contribution in [0.25, 0.3) is 11.3 Å². The molecule has 0 fully saturated rings. The Morgan fingerprint density at radius 3 is 2.46 bits per heavy atom. The highest BCUT2D eigenvalue weighted by atomic mass is 35.5. The predicted molar refractivity (Wildman–Crippen MR) is 107 cm³/mol. The molecular formula is C20H18ClN3O4. The Labute approximate surface area is 166 Å². The smallest absolute Gasteiger partial charge is 0.267 e. The van der Waals surface area contributed by atoms with Crippen LogP contribution in [0.15, 0.2) is 59.4 Å². The van der Waals surface area contributed by atoms with E-state index in [0.29, 0.717) is 27.9 Å². The lowest BCUT2D eigenvalue weighted by Crippen LogP contribution is -2.29. The number of hydrogen-bond acceptors (Lipinski definition) is 5. The Kier molecular flexibility index (Phi) is 5.96. The molecule has 0 radical (unpaired) electrons. The summed E-state index contributed by atoms with van der Waals surface area (Å²) in [5, 5.41) is 7.28. The first kappa shape index (κ1) is 19.4. The molecule has 0 aliphatic heterocycles. The molecule has 1 amide bonds. The summed E-state index contributed by atoms with van der Waals surface area (Å²) in [5.74, 6) is 0.359. The molecule has 0 atom stereocenters. The van der Waals surface area contributed by atoms with Crippen molar-refractivity contribution in [2.75, 3.05) is 19.5 Å². The second-order valence-corrected chi connectivity index (χ2v) is 6.22. The minimum atomic E-state index is -0.445. The van der Waals surface area contributed by atoms with Crippen LogP contribution >= 0.6 is 11.6 Å². The minimum absolute atomic E-state index is 0.258. The number of hydrogen-bond donors (Lipinski definition) is 1. The van der Waals surface area contributed by atoms with Crippen LogP contribution in [0, 0.1) is 0 Å². The number of anilines is 1. The van der Waals surface area contributed by atoms with E-state index in [9.17, 15) is 9.59 Å². The van der Waals surface area contributed by atoms with Crippen LogP contribution in [-0.2, 0) is 11.3 Å². The maximum atomic E-state index is 12.5. The van der Waals surface area contributed by atoms with Gasteiger partial charge in [0.15, 0.2) is 0 Å². The molecule has 3 rings (SSSR count). The molecule has 2 aromatic carbocycles. The molecule has 1 heterocycles. The number of methoxy groups -OCH3 is 2. The van der Waals surface area contributed by atoms with Crippen molar-refractivity contribution in [2.24, 2.45) is 0 Å². The van der Waals surface area contributed by atoms with Crippen LogP contribution in [0.3, 0.4) is 0 Å². The van der Waals surface area contributed by atoms with E-state index in [4.69, 9.17) is 21.1 Å². The van der Waals surface area contributed by atoms with E-state index in [1.807, 2.05) is 30.3 Å². The van der Waals surface area contributed by atoms with Crippen LogP contribution in [0.1, 0.15) is 0 Å². The second kappa shape index (κ2) is 8.58. The lowest BCUT2D eigenvalue weighted by Gasteiger charge is -2.13. The first-order valence-electron chi connectivity index (χ1n) is 8.37. The van der Waals surface area contributed by atoms with Gasteiger partial charge in [0.1, 0.15) is 18.0 Å². The van der Waals surface area contributed by atoms with Crippen LogP contribution in [0.2, 0.25) is 5.02 Å². The number of aromatic nitrogens is 2. The van der Waals surface area contributed by atoms with E-state index >= 15 is 0 Å². The first-order chi connectivity index (χ1) is 13.5. The average molecular weight is 400 g/mol. The van der Waals surface area contributed by atoms with Crippen molar-refractivity contribution >= 4 is 23.2 Å². The van der Waals surface area contributed by atoms with E-state index < -0.39 is 5.91 Å². The molecular weight excluding hydrogens is 382 g/mol. The van der Waals surface area contributed by atoms with Crippen molar-refractivity contribution in [3.8, 4) is 22.8 Å². The maximum absolute atomic E-state index is 12.5. The highest BCUT2D eigenvalue weighted by molar-refractivity contribution is 6.32. The van der Waals surface area contributed by atoms with Gasteiger partial charge in [0.2, 0.25) is 5.91 Å². The molecule has 0 bridgehead atoms. The Morgan fingerprint density at radius 1 is 1.07 bits per heavy atom. The van der Waals surface area contributed by atoms with Crippen molar-refractivity contribution in [1.82, 2.24) is 9.78 Å². The van der Waals surface area contributed by atoms with Gasteiger partial charge in [0.05, 0.1) is 30.6 Å². The van der Waals surface area contributed by atoms with Gasteiger partial charge in [-0.1, -0.05) is 41.9 Å². The highest BCUT2D eigenvalue weighted by Gasteiger charge is 2.14. The summed E-state index contributed by atoms with van der Waals surface area (Å²) in [6.07, 6.45) is 0. The lowest BCUT2D eigenvalue weighted by molar-refractivity contribution is -0.117. The zero-order chi connectivity index (χ0) is 20.1. The van der Waals surface area contributed by atoms with Gasteiger partial charge in [-0.3, -0.25) is 9.59 Å². The topological polar surface area (TPSA) is 82.4 Å². The van der Waals surface area contributed by atoms with Gasteiger partial charge in [-0.05, 0) is 12.1 Å². The van der Waals surface area contributed by atoms with E-state index in [1.54, 1.807) is 12.1 Å². The van der Waals surface area contributed by atoms with Gasteiger partial charge in [0, 0.05) is 17.7 Å². The summed E-state index contributed by atoms with van der Waals surface area (Å²) in [5.41, 5.74) is 1.43. The molecule has 0 unspecified atom stereocenters. The molecule has 1 N–H and O–H groups in total. The number of halogens is 1. The summed E-state index contributed by atoms with van der Waals surface area (Å²) >= 11 is 6.12. The van der Waals surface area contributed by atoms with E-state index in [2.05, 4.69) is 10.4 Å². The van der Waals surface area contributed by atoms with Crippen LogP contribution < -0.4 is 20.3 Å². The van der Waals surface area contributed by atoms with Crippen molar-refractivity contribution in [3.05, 3.63) is 70.0 Å². The first-order valence-corrected chi connectivity index (χ1v) is 8.74. The van der Waals surface area contributed by atoms with Crippen LogP contribution in [0.5, 0.6) is 11.5 Å². The molecule has 0 aliphatic carbocycles. The Bertz CT molecular complexity index is 1050. The van der Waals surface area contributed by atoms with E-state index in [0.717, 1.165) is 10.2 Å². The summed E-state index contributed by atoms with van der Waals surface area (Å²) in [7, 11) is 2.95. The molecule has 1 aromatic heterocycles. The minimum Gasteiger partial charge on any atom is -0.495 e. The largest absolute Gasteiger partial charge is 0.495 e. The average Bonchev–Trinajstić information content (AvgIpc) is 2.70. The fraction of sp³-hybridized carbons (Fsp3) is 0.150. The maximum Gasteiger partial charge on any atom is 0.267 e. The molecule has 28 heavy (non-hydrogen) atoms. The van der Waals surface area contributed by atoms with Crippen molar-refractivity contribution in [3.63, 3.8) is 0 Å². The third kappa shape index (κ3) is 4.32. The summed E-state index contributed by atoms with van der Waals surface area (Å²) in [6, 6.07) is 15.5. The number of ether oxygens (including phenoxy) is 2. The lowest BCUT2D eigenvalue weighted by atomic mass is 10.1. The fourth-order valence-corrected chi connectivity index (χ4v) is 2.85. The van der Waals surface area contributed by atoms with Gasteiger partial charge < -0.3 is 14.8 Å². The Balaban J connectivity index is 1.82. The Morgan fingerprint density at radius 2 is 1.79 bits per heavy atom. The van der Waals surface area contributed by atoms with Gasteiger partial charge in [-0.25, -0.2) is 4.68 Å². The molecule has 7 nitrogen and oxygen atoms in total. The number of amides is 1. The number of rotatable bonds is 6. The van der Waals surface area contributed by atoms with Gasteiger partial charge in [-0.2, -0.15) is 5.10 Å². The highest BCUT2D eigenvalue weighted by Crippen LogP contribution is 2.35. The number of nitrogens with zero attached hydrogens (tertiary/aromatic N) is 2. The molecule has 0 saturated heterocycles. The molecule has 0 aliphatic rings. The van der Waals surface area contributed by atoms with Gasteiger partial charge >= 0.3 is 0 Å². The monoisotopic (exact) mass is 399 g/mol. The van der Waals surface area contributed by atoms with Gasteiger partial charge in [-0.15, -0.1) is 0 Å². The molecule has 144 valence electrons. The van der Waals surface area contributed by atoms with Crippen LogP contribution in [-0.4, -0.2) is 29.9 Å². The van der Waals surface area contributed by atoms with Crippen molar-refractivity contribution in [1.29, 1.82) is 0 Å². The van der Waals surface area contributed by atoms with E-state index in [1.165, 1.54) is 26.4 Å². The fourth-order valence-electron chi connectivity index (χ4n) is 2.61. The third-order valence-corrected chi connectivity index (χ3v) is 4.27. The van der Waals surface area contributed by atoms with E-state index in [-0.39, 0.29) is 12.1 Å².